The highest BCUT2D eigenvalue weighted by atomic mass is 79.9. The van der Waals surface area contributed by atoms with Crippen LogP contribution in [0, 0.1) is 0 Å². The number of halogens is 2. The highest BCUT2D eigenvalue weighted by molar-refractivity contribution is 9.16. The lowest BCUT2D eigenvalue weighted by atomic mass is 10.1. The molecule has 0 spiro atoms. The van der Waals surface area contributed by atoms with Crippen LogP contribution in [0.4, 0.5) is 0 Å². The Kier molecular flexibility index (Phi) is 3.93. The van der Waals surface area contributed by atoms with Gasteiger partial charge in [0.25, 0.3) is 0 Å². The van der Waals surface area contributed by atoms with E-state index in [1.54, 1.807) is 13.8 Å². The van der Waals surface area contributed by atoms with Crippen molar-refractivity contribution in [1.82, 2.24) is 0 Å². The number of benzene rings is 1. The minimum absolute atomic E-state index is 0.746. The summed E-state index contributed by atoms with van der Waals surface area (Å²) in [6, 6.07) is 9.85. The maximum atomic E-state index is 9.78. The van der Waals surface area contributed by atoms with Crippen molar-refractivity contribution in [3.8, 4) is 0 Å². The Morgan fingerprint density at radius 3 is 2.07 bits per heavy atom. The Hall–Kier alpha value is -0.120. The number of aliphatic hydroxyl groups is 1. The minimum atomic E-state index is -0.866. The van der Waals surface area contributed by atoms with Crippen molar-refractivity contribution in [3.63, 3.8) is 0 Å². The summed E-state index contributed by atoms with van der Waals surface area (Å²) in [5, 5.41) is 9.78. The van der Waals surface area contributed by atoms with Crippen LogP contribution in [-0.2, 0) is 0 Å². The van der Waals surface area contributed by atoms with E-state index in [4.69, 9.17) is 0 Å². The van der Waals surface area contributed by atoms with Crippen molar-refractivity contribution in [2.24, 2.45) is 0 Å². The Balaban J connectivity index is 3.12. The second-order valence-electron chi connectivity index (χ2n) is 3.55. The molecule has 1 aromatic carbocycles. The molecule has 0 unspecified atom stereocenters. The van der Waals surface area contributed by atoms with Crippen LogP contribution in [0.25, 0.3) is 4.48 Å². The van der Waals surface area contributed by atoms with E-state index in [1.165, 1.54) is 0 Å². The molecule has 1 nitrogen and oxygen atoms in total. The summed E-state index contributed by atoms with van der Waals surface area (Å²) >= 11 is 6.84. The zero-order valence-corrected chi connectivity index (χ0v) is 11.3. The second kappa shape index (κ2) is 4.60. The van der Waals surface area contributed by atoms with Gasteiger partial charge in [-0.3, -0.25) is 0 Å². The molecule has 0 saturated carbocycles. The smallest absolute Gasteiger partial charge is 0.0916 e. The first-order valence-electron chi connectivity index (χ1n) is 4.26. The Bertz CT molecular complexity index is 336. The fourth-order valence-corrected chi connectivity index (χ4v) is 1.96. The minimum Gasteiger partial charge on any atom is -0.385 e. The summed E-state index contributed by atoms with van der Waals surface area (Å²) in [6.45, 7) is 3.47. The van der Waals surface area contributed by atoms with Gasteiger partial charge >= 0.3 is 0 Å². The maximum absolute atomic E-state index is 9.78. The SMILES string of the molecule is CC(C)(O)/C(Br)=C(\Br)c1ccccc1. The summed E-state index contributed by atoms with van der Waals surface area (Å²) in [5.41, 5.74) is 0.177. The van der Waals surface area contributed by atoms with Crippen molar-refractivity contribution in [2.75, 3.05) is 0 Å². The molecule has 0 aliphatic heterocycles. The van der Waals surface area contributed by atoms with E-state index >= 15 is 0 Å². The fourth-order valence-electron chi connectivity index (χ4n) is 0.980. The Morgan fingerprint density at radius 2 is 1.64 bits per heavy atom. The van der Waals surface area contributed by atoms with Gasteiger partial charge in [0, 0.05) is 8.96 Å². The van der Waals surface area contributed by atoms with Crippen molar-refractivity contribution < 1.29 is 5.11 Å². The standard InChI is InChI=1S/C11H12Br2O/c1-11(2,14)10(13)9(12)8-6-4-3-5-7-8/h3-7,14H,1-2H3/b10-9+. The number of hydrogen-bond donors (Lipinski definition) is 1. The molecule has 0 bridgehead atoms. The van der Waals surface area contributed by atoms with Crippen LogP contribution in [0.5, 0.6) is 0 Å². The van der Waals surface area contributed by atoms with Gasteiger partial charge in [-0.15, -0.1) is 0 Å². The Morgan fingerprint density at radius 1 is 1.14 bits per heavy atom. The molecule has 1 aromatic rings. The van der Waals surface area contributed by atoms with Gasteiger partial charge in [-0.1, -0.05) is 46.3 Å². The molecule has 0 heterocycles. The third kappa shape index (κ3) is 2.94. The van der Waals surface area contributed by atoms with E-state index in [1.807, 2.05) is 30.3 Å². The van der Waals surface area contributed by atoms with Gasteiger partial charge < -0.3 is 5.11 Å². The topological polar surface area (TPSA) is 20.2 Å². The van der Waals surface area contributed by atoms with Crippen LogP contribution in [0.1, 0.15) is 19.4 Å². The molecule has 0 atom stereocenters. The second-order valence-corrected chi connectivity index (χ2v) is 5.14. The van der Waals surface area contributed by atoms with Gasteiger partial charge in [-0.2, -0.15) is 0 Å². The predicted octanol–water partition coefficient (Wildman–Crippen LogP) is 3.92. The van der Waals surface area contributed by atoms with Crippen molar-refractivity contribution in [1.29, 1.82) is 0 Å². The molecule has 0 radical (unpaired) electrons. The molecule has 0 amide bonds. The first kappa shape index (κ1) is 12.0. The quantitative estimate of drug-likeness (QED) is 0.876. The molecule has 1 rings (SSSR count). The van der Waals surface area contributed by atoms with E-state index in [9.17, 15) is 5.11 Å². The monoisotopic (exact) mass is 318 g/mol. The van der Waals surface area contributed by atoms with E-state index < -0.39 is 5.60 Å². The first-order chi connectivity index (χ1) is 6.43. The lowest BCUT2D eigenvalue weighted by Crippen LogP contribution is -2.18. The van der Waals surface area contributed by atoms with Crippen LogP contribution in [0.2, 0.25) is 0 Å². The summed E-state index contributed by atoms with van der Waals surface area (Å²) in [5.74, 6) is 0. The van der Waals surface area contributed by atoms with Crippen LogP contribution in [0.15, 0.2) is 34.8 Å². The normalized spacial score (nSPS) is 13.8. The molecule has 1 N–H and O–H groups in total. The lowest BCUT2D eigenvalue weighted by Gasteiger charge is -2.18. The molecule has 0 fully saturated rings. The van der Waals surface area contributed by atoms with E-state index in [0.717, 1.165) is 14.5 Å². The molecule has 0 aliphatic carbocycles. The third-order valence-electron chi connectivity index (χ3n) is 1.76. The molecule has 0 saturated heterocycles. The molecular weight excluding hydrogens is 308 g/mol. The summed E-state index contributed by atoms with van der Waals surface area (Å²) in [4.78, 5) is 0. The van der Waals surface area contributed by atoms with Crippen LogP contribution >= 0.6 is 31.9 Å². The van der Waals surface area contributed by atoms with Gasteiger partial charge in [-0.05, 0) is 35.3 Å². The lowest BCUT2D eigenvalue weighted by molar-refractivity contribution is 0.131. The van der Waals surface area contributed by atoms with Crippen LogP contribution in [-0.4, -0.2) is 10.7 Å². The molecule has 76 valence electrons. The average molecular weight is 320 g/mol. The van der Waals surface area contributed by atoms with Crippen molar-refractivity contribution >= 4 is 36.3 Å². The fraction of sp³-hybridized carbons (Fsp3) is 0.273. The van der Waals surface area contributed by atoms with E-state index in [0.29, 0.717) is 0 Å². The maximum Gasteiger partial charge on any atom is 0.0916 e. The third-order valence-corrected chi connectivity index (χ3v) is 4.51. The van der Waals surface area contributed by atoms with Crippen LogP contribution in [0.3, 0.4) is 0 Å². The molecular formula is C11H12Br2O. The number of rotatable bonds is 2. The van der Waals surface area contributed by atoms with Crippen molar-refractivity contribution in [2.45, 2.75) is 19.4 Å². The molecule has 14 heavy (non-hydrogen) atoms. The summed E-state index contributed by atoms with van der Waals surface area (Å²) < 4.78 is 1.63. The largest absolute Gasteiger partial charge is 0.385 e. The highest BCUT2D eigenvalue weighted by Crippen LogP contribution is 2.34. The molecule has 0 aromatic heterocycles. The van der Waals surface area contributed by atoms with Gasteiger partial charge in [0.15, 0.2) is 0 Å². The molecule has 3 heteroatoms. The number of hydrogen-bond acceptors (Lipinski definition) is 1. The van der Waals surface area contributed by atoms with Gasteiger partial charge in [0.05, 0.1) is 5.60 Å². The zero-order chi connectivity index (χ0) is 10.8. The Labute approximate surface area is 101 Å². The highest BCUT2D eigenvalue weighted by Gasteiger charge is 2.20. The average Bonchev–Trinajstić information content (AvgIpc) is 2.15. The summed E-state index contributed by atoms with van der Waals surface area (Å²) in [6.07, 6.45) is 0. The first-order valence-corrected chi connectivity index (χ1v) is 5.85. The predicted molar refractivity (Wildman–Crippen MR) is 67.5 cm³/mol. The van der Waals surface area contributed by atoms with Gasteiger partial charge in [0.1, 0.15) is 0 Å². The van der Waals surface area contributed by atoms with Gasteiger partial charge in [0.2, 0.25) is 0 Å². The van der Waals surface area contributed by atoms with Gasteiger partial charge in [-0.25, -0.2) is 0 Å². The summed E-state index contributed by atoms with van der Waals surface area (Å²) in [7, 11) is 0. The van der Waals surface area contributed by atoms with Crippen molar-refractivity contribution in [3.05, 3.63) is 40.4 Å². The molecule has 0 aliphatic rings. The van der Waals surface area contributed by atoms with Crippen LogP contribution < -0.4 is 0 Å². The van der Waals surface area contributed by atoms with E-state index in [-0.39, 0.29) is 0 Å². The van der Waals surface area contributed by atoms with E-state index in [2.05, 4.69) is 31.9 Å². The zero-order valence-electron chi connectivity index (χ0n) is 8.09.